The van der Waals surface area contributed by atoms with Crippen molar-refractivity contribution in [3.05, 3.63) is 51.5 Å². The number of nitrogens with one attached hydrogen (secondary N) is 1. The van der Waals surface area contributed by atoms with Crippen LogP contribution in [0.25, 0.3) is 0 Å². The Labute approximate surface area is 180 Å². The first kappa shape index (κ1) is 22.8. The molecule has 29 heavy (non-hydrogen) atoms. The van der Waals surface area contributed by atoms with E-state index >= 15 is 0 Å². The van der Waals surface area contributed by atoms with Gasteiger partial charge in [-0.3, -0.25) is 4.79 Å². The molecule has 1 unspecified atom stereocenters. The van der Waals surface area contributed by atoms with Crippen molar-refractivity contribution in [1.82, 2.24) is 5.43 Å². The highest BCUT2D eigenvalue weighted by Gasteiger charge is 2.15. The molecule has 2 N–H and O–H groups in total. The van der Waals surface area contributed by atoms with Gasteiger partial charge in [0.1, 0.15) is 5.75 Å². The lowest BCUT2D eigenvalue weighted by Gasteiger charge is -2.11. The van der Waals surface area contributed by atoms with E-state index in [2.05, 4.69) is 24.4 Å². The number of hydrogen-bond donors (Lipinski definition) is 2. The number of nitrogens with zero attached hydrogens (tertiary/aromatic N) is 1. The Morgan fingerprint density at radius 2 is 1.93 bits per heavy atom. The summed E-state index contributed by atoms with van der Waals surface area (Å²) in [6.07, 6.45) is 2.25. The molecule has 6 nitrogen and oxygen atoms in total. The molecular formula is C21H24Cl2N2O4. The highest BCUT2D eigenvalue weighted by molar-refractivity contribution is 6.43. The van der Waals surface area contributed by atoms with Gasteiger partial charge >= 0.3 is 0 Å². The molecule has 1 atom stereocenters. The maximum atomic E-state index is 11.9. The van der Waals surface area contributed by atoms with E-state index in [0.29, 0.717) is 18.3 Å². The number of amides is 1. The van der Waals surface area contributed by atoms with Crippen molar-refractivity contribution in [2.75, 3.05) is 13.2 Å². The molecule has 0 radical (unpaired) electrons. The summed E-state index contributed by atoms with van der Waals surface area (Å²) in [7, 11) is 0. The molecule has 0 saturated heterocycles. The number of hydrogen-bond acceptors (Lipinski definition) is 5. The molecule has 0 aliphatic carbocycles. The van der Waals surface area contributed by atoms with Crippen LogP contribution in [0.4, 0.5) is 0 Å². The number of phenols is 1. The van der Waals surface area contributed by atoms with E-state index in [1.165, 1.54) is 17.8 Å². The van der Waals surface area contributed by atoms with Gasteiger partial charge < -0.3 is 14.6 Å². The fourth-order valence-electron chi connectivity index (χ4n) is 2.47. The molecule has 2 aromatic rings. The molecule has 0 heterocycles. The third-order valence-electron chi connectivity index (χ3n) is 4.31. The van der Waals surface area contributed by atoms with Gasteiger partial charge in [0.05, 0.1) is 28.4 Å². The number of ether oxygens (including phenoxy) is 2. The zero-order valence-electron chi connectivity index (χ0n) is 16.5. The largest absolute Gasteiger partial charge is 0.504 e. The van der Waals surface area contributed by atoms with Gasteiger partial charge in [-0.1, -0.05) is 49.2 Å². The van der Waals surface area contributed by atoms with Crippen LogP contribution in [0.1, 0.15) is 44.2 Å². The van der Waals surface area contributed by atoms with Gasteiger partial charge in [0.15, 0.2) is 18.1 Å². The van der Waals surface area contributed by atoms with Gasteiger partial charge in [-0.2, -0.15) is 5.10 Å². The Bertz CT molecular complexity index is 870. The van der Waals surface area contributed by atoms with Gasteiger partial charge in [0, 0.05) is 6.07 Å². The van der Waals surface area contributed by atoms with Crippen LogP contribution in [0.3, 0.4) is 0 Å². The van der Waals surface area contributed by atoms with Crippen molar-refractivity contribution >= 4 is 35.3 Å². The van der Waals surface area contributed by atoms with Crippen LogP contribution in [0.15, 0.2) is 35.4 Å². The number of phenolic OH excluding ortho intramolecular Hbond substituents is 1. The summed E-state index contributed by atoms with van der Waals surface area (Å²) in [6.45, 7) is 6.19. The minimum Gasteiger partial charge on any atom is -0.504 e. The molecule has 8 heteroatoms. The summed E-state index contributed by atoms with van der Waals surface area (Å²) in [6, 6.07) is 9.05. The third kappa shape index (κ3) is 6.27. The van der Waals surface area contributed by atoms with Crippen molar-refractivity contribution in [3.8, 4) is 17.2 Å². The maximum absolute atomic E-state index is 11.9. The number of benzene rings is 2. The number of halogens is 2. The minimum absolute atomic E-state index is 0.100. The first-order valence-corrected chi connectivity index (χ1v) is 10.0. The highest BCUT2D eigenvalue weighted by Crippen LogP contribution is 2.39. The van der Waals surface area contributed by atoms with E-state index in [-0.39, 0.29) is 33.7 Å². The fourth-order valence-corrected chi connectivity index (χ4v) is 2.87. The monoisotopic (exact) mass is 438 g/mol. The number of carbonyl (C=O) groups is 1. The number of rotatable bonds is 9. The van der Waals surface area contributed by atoms with Crippen molar-refractivity contribution < 1.29 is 19.4 Å². The maximum Gasteiger partial charge on any atom is 0.277 e. The van der Waals surface area contributed by atoms with Gasteiger partial charge in [0.25, 0.3) is 5.91 Å². The van der Waals surface area contributed by atoms with Gasteiger partial charge in [0.2, 0.25) is 0 Å². The van der Waals surface area contributed by atoms with E-state index in [9.17, 15) is 9.90 Å². The van der Waals surface area contributed by atoms with Crippen LogP contribution < -0.4 is 14.9 Å². The Morgan fingerprint density at radius 1 is 1.24 bits per heavy atom. The van der Waals surface area contributed by atoms with Crippen LogP contribution in [-0.4, -0.2) is 30.4 Å². The number of carbonyl (C=O) groups excluding carboxylic acids is 1. The van der Waals surface area contributed by atoms with Crippen LogP contribution in [0, 0.1) is 0 Å². The van der Waals surface area contributed by atoms with Crippen LogP contribution >= 0.6 is 23.2 Å². The average Bonchev–Trinajstić information content (AvgIpc) is 2.72. The highest BCUT2D eigenvalue weighted by atomic mass is 35.5. The third-order valence-corrected chi connectivity index (χ3v) is 5.11. The standard InChI is InChI=1S/C21H24Cl2N2O4/c1-4-13(3)14-6-8-15(9-7-14)29-12-19(26)25-24-11-16-20(23)17(22)10-18(21(16)27)28-5-2/h6-11,13,27H,4-5,12H2,1-3H3,(H,25,26)/b24-11-. The molecule has 0 aliphatic rings. The van der Waals surface area contributed by atoms with E-state index < -0.39 is 5.91 Å². The molecule has 0 bridgehead atoms. The Balaban J connectivity index is 1.95. The summed E-state index contributed by atoms with van der Waals surface area (Å²) in [5.41, 5.74) is 3.68. The van der Waals surface area contributed by atoms with E-state index in [1.54, 1.807) is 6.92 Å². The molecule has 0 fully saturated rings. The first-order chi connectivity index (χ1) is 13.9. The fraction of sp³-hybridized carbons (Fsp3) is 0.333. The van der Waals surface area contributed by atoms with Gasteiger partial charge in [-0.15, -0.1) is 0 Å². The summed E-state index contributed by atoms with van der Waals surface area (Å²) in [4.78, 5) is 11.9. The second-order valence-electron chi connectivity index (χ2n) is 6.33. The van der Waals surface area contributed by atoms with Crippen LogP contribution in [0.2, 0.25) is 10.0 Å². The van der Waals surface area contributed by atoms with Crippen molar-refractivity contribution in [2.24, 2.45) is 5.10 Å². The first-order valence-electron chi connectivity index (χ1n) is 9.25. The molecular weight excluding hydrogens is 415 g/mol. The average molecular weight is 439 g/mol. The molecule has 0 aliphatic heterocycles. The second kappa shape index (κ2) is 10.9. The van der Waals surface area contributed by atoms with Gasteiger partial charge in [-0.05, 0) is 37.0 Å². The molecule has 0 saturated carbocycles. The molecule has 156 valence electrons. The van der Waals surface area contributed by atoms with E-state index in [0.717, 1.165) is 6.42 Å². The molecule has 2 aromatic carbocycles. The second-order valence-corrected chi connectivity index (χ2v) is 7.11. The molecule has 0 spiro atoms. The molecule has 1 amide bonds. The smallest absolute Gasteiger partial charge is 0.277 e. The predicted molar refractivity (Wildman–Crippen MR) is 116 cm³/mol. The summed E-state index contributed by atoms with van der Waals surface area (Å²) in [5, 5.41) is 14.3. The van der Waals surface area contributed by atoms with E-state index in [1.807, 2.05) is 24.3 Å². The Morgan fingerprint density at radius 3 is 2.55 bits per heavy atom. The summed E-state index contributed by atoms with van der Waals surface area (Å²) < 4.78 is 10.8. The lowest BCUT2D eigenvalue weighted by Crippen LogP contribution is -2.24. The Kier molecular flexibility index (Phi) is 8.61. The number of aromatic hydroxyl groups is 1. The predicted octanol–water partition coefficient (Wildman–Crippen LogP) is 5.14. The van der Waals surface area contributed by atoms with Crippen molar-refractivity contribution in [3.63, 3.8) is 0 Å². The van der Waals surface area contributed by atoms with Crippen LogP contribution in [-0.2, 0) is 4.79 Å². The summed E-state index contributed by atoms with van der Waals surface area (Å²) in [5.74, 6) is 0.568. The van der Waals surface area contributed by atoms with Crippen molar-refractivity contribution in [2.45, 2.75) is 33.1 Å². The number of hydrazone groups is 1. The zero-order valence-corrected chi connectivity index (χ0v) is 18.0. The van der Waals surface area contributed by atoms with E-state index in [4.69, 9.17) is 32.7 Å². The lowest BCUT2D eigenvalue weighted by molar-refractivity contribution is -0.123. The topological polar surface area (TPSA) is 80.2 Å². The quantitative estimate of drug-likeness (QED) is 0.419. The lowest BCUT2D eigenvalue weighted by atomic mass is 9.99. The minimum atomic E-state index is -0.463. The van der Waals surface area contributed by atoms with Crippen molar-refractivity contribution in [1.29, 1.82) is 0 Å². The van der Waals surface area contributed by atoms with Gasteiger partial charge in [-0.25, -0.2) is 5.43 Å². The SMILES string of the molecule is CCOc1cc(Cl)c(Cl)c(/C=N\NC(=O)COc2ccc(C(C)CC)cc2)c1O. The van der Waals surface area contributed by atoms with Crippen LogP contribution in [0.5, 0.6) is 17.2 Å². The normalized spacial score (nSPS) is 12.0. The Hall–Kier alpha value is -2.44. The zero-order chi connectivity index (χ0) is 21.4. The molecule has 2 rings (SSSR count). The molecule has 0 aromatic heterocycles. The summed E-state index contributed by atoms with van der Waals surface area (Å²) >= 11 is 12.1.